The Morgan fingerprint density at radius 3 is 2.59 bits per heavy atom. The van der Waals surface area contributed by atoms with E-state index in [0.717, 1.165) is 12.1 Å². The average Bonchev–Trinajstić information content (AvgIpc) is 2.81. The number of hydrogen-bond donors (Lipinski definition) is 1. The number of hydrogen-bond acceptors (Lipinski definition) is 4. The summed E-state index contributed by atoms with van der Waals surface area (Å²) in [5, 5.41) is 7.91. The SMILES string of the molecule is CN1CCC(c2ccccc2F)c2c(F)cc(-c3ccc(N)nn3)cc2C1. The summed E-state index contributed by atoms with van der Waals surface area (Å²) >= 11 is 0. The molecule has 6 heteroatoms. The number of aromatic nitrogens is 2. The first kappa shape index (κ1) is 17.5. The standard InChI is InChI=1S/C21H20F2N4/c1-27-9-8-16(15-4-2-3-5-17(15)22)21-14(12-27)10-13(11-18(21)23)19-6-7-20(24)26-25-19/h2-7,10-11,16H,8-9,12H2,1H3,(H2,24,26). The molecule has 2 N–H and O–H groups in total. The van der Waals surface area contributed by atoms with Crippen LogP contribution in [0.5, 0.6) is 0 Å². The van der Waals surface area contributed by atoms with Crippen LogP contribution >= 0.6 is 0 Å². The quantitative estimate of drug-likeness (QED) is 0.746. The van der Waals surface area contributed by atoms with Crippen molar-refractivity contribution in [2.75, 3.05) is 19.3 Å². The summed E-state index contributed by atoms with van der Waals surface area (Å²) in [6.07, 6.45) is 0.655. The van der Waals surface area contributed by atoms with E-state index in [1.165, 1.54) is 12.1 Å². The molecule has 0 amide bonds. The van der Waals surface area contributed by atoms with E-state index in [-0.39, 0.29) is 17.6 Å². The maximum absolute atomic E-state index is 15.3. The fourth-order valence-electron chi connectivity index (χ4n) is 3.77. The first-order valence-electron chi connectivity index (χ1n) is 8.88. The number of nitrogen functional groups attached to an aromatic ring is 1. The van der Waals surface area contributed by atoms with Gasteiger partial charge in [-0.25, -0.2) is 8.78 Å². The molecular weight excluding hydrogens is 346 g/mol. The molecule has 1 aromatic heterocycles. The molecule has 0 bridgehead atoms. The van der Waals surface area contributed by atoms with Crippen LogP contribution in [-0.2, 0) is 6.54 Å². The fourth-order valence-corrected chi connectivity index (χ4v) is 3.77. The number of anilines is 1. The predicted molar refractivity (Wildman–Crippen MR) is 101 cm³/mol. The predicted octanol–water partition coefficient (Wildman–Crippen LogP) is 3.97. The van der Waals surface area contributed by atoms with Crippen molar-refractivity contribution < 1.29 is 8.78 Å². The molecule has 0 saturated heterocycles. The van der Waals surface area contributed by atoms with Crippen LogP contribution in [0.25, 0.3) is 11.3 Å². The zero-order chi connectivity index (χ0) is 19.0. The van der Waals surface area contributed by atoms with Gasteiger partial charge in [0.15, 0.2) is 0 Å². The molecular formula is C21H20F2N4. The summed E-state index contributed by atoms with van der Waals surface area (Å²) in [6, 6.07) is 13.4. The molecule has 4 rings (SSSR count). The third-order valence-electron chi connectivity index (χ3n) is 5.07. The van der Waals surface area contributed by atoms with Gasteiger partial charge in [-0.2, -0.15) is 0 Å². The Balaban J connectivity index is 1.86. The van der Waals surface area contributed by atoms with Crippen molar-refractivity contribution >= 4 is 5.82 Å². The summed E-state index contributed by atoms with van der Waals surface area (Å²) in [6.45, 7) is 1.34. The maximum Gasteiger partial charge on any atom is 0.146 e. The lowest BCUT2D eigenvalue weighted by Crippen LogP contribution is -2.17. The molecule has 4 nitrogen and oxygen atoms in total. The van der Waals surface area contributed by atoms with Crippen molar-refractivity contribution in [3.05, 3.63) is 76.9 Å². The number of nitrogens with two attached hydrogens (primary N) is 1. The van der Waals surface area contributed by atoms with Crippen LogP contribution in [0.3, 0.4) is 0 Å². The molecule has 2 aromatic carbocycles. The van der Waals surface area contributed by atoms with Crippen molar-refractivity contribution in [2.45, 2.75) is 18.9 Å². The third kappa shape index (κ3) is 3.40. The van der Waals surface area contributed by atoms with E-state index in [9.17, 15) is 4.39 Å². The molecule has 0 radical (unpaired) electrons. The van der Waals surface area contributed by atoms with Crippen molar-refractivity contribution in [3.8, 4) is 11.3 Å². The average molecular weight is 366 g/mol. The van der Waals surface area contributed by atoms with E-state index in [0.29, 0.717) is 41.2 Å². The molecule has 0 fully saturated rings. The Kier molecular flexibility index (Phi) is 4.58. The zero-order valence-corrected chi connectivity index (χ0v) is 15.0. The molecule has 2 heterocycles. The van der Waals surface area contributed by atoms with Gasteiger partial charge in [-0.15, -0.1) is 10.2 Å². The van der Waals surface area contributed by atoms with Crippen LogP contribution in [-0.4, -0.2) is 28.7 Å². The largest absolute Gasteiger partial charge is 0.382 e. The van der Waals surface area contributed by atoms with Gasteiger partial charge in [-0.1, -0.05) is 18.2 Å². The normalized spacial score (nSPS) is 17.4. The Hall–Kier alpha value is -2.86. The Bertz CT molecular complexity index is 972. The zero-order valence-electron chi connectivity index (χ0n) is 15.0. The van der Waals surface area contributed by atoms with Crippen LogP contribution in [0.4, 0.5) is 14.6 Å². The van der Waals surface area contributed by atoms with Crippen LogP contribution in [0.1, 0.15) is 29.0 Å². The third-order valence-corrected chi connectivity index (χ3v) is 5.07. The summed E-state index contributed by atoms with van der Waals surface area (Å²) in [5.41, 5.74) is 8.73. The second-order valence-electron chi connectivity index (χ2n) is 6.97. The highest BCUT2D eigenvalue weighted by molar-refractivity contribution is 5.62. The number of benzene rings is 2. The van der Waals surface area contributed by atoms with Gasteiger partial charge in [0, 0.05) is 18.0 Å². The van der Waals surface area contributed by atoms with Gasteiger partial charge in [0.25, 0.3) is 0 Å². The minimum absolute atomic E-state index is 0.300. The number of fused-ring (bicyclic) bond motifs is 1. The summed E-state index contributed by atoms with van der Waals surface area (Å²) < 4.78 is 29.7. The van der Waals surface area contributed by atoms with Gasteiger partial charge in [0.2, 0.25) is 0 Å². The summed E-state index contributed by atoms with van der Waals surface area (Å²) in [5.74, 6) is -0.651. The van der Waals surface area contributed by atoms with Crippen molar-refractivity contribution in [1.29, 1.82) is 0 Å². The van der Waals surface area contributed by atoms with Gasteiger partial charge in [-0.3, -0.25) is 0 Å². The van der Waals surface area contributed by atoms with E-state index in [1.54, 1.807) is 30.3 Å². The highest BCUT2D eigenvalue weighted by Crippen LogP contribution is 2.38. The molecule has 0 aliphatic carbocycles. The van der Waals surface area contributed by atoms with E-state index >= 15 is 4.39 Å². The fraction of sp³-hybridized carbons (Fsp3) is 0.238. The molecule has 27 heavy (non-hydrogen) atoms. The van der Waals surface area contributed by atoms with Gasteiger partial charge in [0.05, 0.1) is 5.69 Å². The number of halogens is 2. The molecule has 1 aliphatic rings. The Labute approximate surface area is 156 Å². The van der Waals surface area contributed by atoms with E-state index < -0.39 is 0 Å². The van der Waals surface area contributed by atoms with Crippen LogP contribution < -0.4 is 5.73 Å². The maximum atomic E-state index is 15.3. The smallest absolute Gasteiger partial charge is 0.146 e. The van der Waals surface area contributed by atoms with E-state index in [4.69, 9.17) is 5.73 Å². The molecule has 1 atom stereocenters. The first-order valence-corrected chi connectivity index (χ1v) is 8.88. The topological polar surface area (TPSA) is 55.0 Å². The first-order chi connectivity index (χ1) is 13.0. The Morgan fingerprint density at radius 2 is 1.85 bits per heavy atom. The van der Waals surface area contributed by atoms with Crippen LogP contribution in [0.15, 0.2) is 48.5 Å². The summed E-state index contributed by atoms with van der Waals surface area (Å²) in [7, 11) is 1.99. The molecule has 0 spiro atoms. The highest BCUT2D eigenvalue weighted by Gasteiger charge is 2.28. The monoisotopic (exact) mass is 366 g/mol. The van der Waals surface area contributed by atoms with Crippen molar-refractivity contribution in [1.82, 2.24) is 15.1 Å². The molecule has 1 unspecified atom stereocenters. The van der Waals surface area contributed by atoms with Gasteiger partial charge >= 0.3 is 0 Å². The second kappa shape index (κ2) is 7.04. The lowest BCUT2D eigenvalue weighted by Gasteiger charge is -2.20. The van der Waals surface area contributed by atoms with Crippen molar-refractivity contribution in [2.24, 2.45) is 0 Å². The lowest BCUT2D eigenvalue weighted by molar-refractivity contribution is 0.327. The lowest BCUT2D eigenvalue weighted by atomic mass is 9.85. The number of nitrogens with zero attached hydrogens (tertiary/aromatic N) is 3. The summed E-state index contributed by atoms with van der Waals surface area (Å²) in [4.78, 5) is 2.12. The van der Waals surface area contributed by atoms with Gasteiger partial charge < -0.3 is 10.6 Å². The Morgan fingerprint density at radius 1 is 1.04 bits per heavy atom. The minimum Gasteiger partial charge on any atom is -0.382 e. The second-order valence-corrected chi connectivity index (χ2v) is 6.97. The molecule has 1 aliphatic heterocycles. The molecule has 3 aromatic rings. The van der Waals surface area contributed by atoms with Crippen LogP contribution in [0, 0.1) is 11.6 Å². The van der Waals surface area contributed by atoms with Gasteiger partial charge in [-0.05, 0) is 67.0 Å². The number of rotatable bonds is 2. The van der Waals surface area contributed by atoms with Crippen LogP contribution in [0.2, 0.25) is 0 Å². The van der Waals surface area contributed by atoms with Gasteiger partial charge in [0.1, 0.15) is 17.5 Å². The molecule has 0 saturated carbocycles. The molecule has 138 valence electrons. The van der Waals surface area contributed by atoms with E-state index in [2.05, 4.69) is 15.1 Å². The highest BCUT2D eigenvalue weighted by atomic mass is 19.1. The van der Waals surface area contributed by atoms with Crippen molar-refractivity contribution in [3.63, 3.8) is 0 Å². The minimum atomic E-state index is -0.343. The van der Waals surface area contributed by atoms with E-state index in [1.807, 2.05) is 13.1 Å².